The van der Waals surface area contributed by atoms with E-state index in [-0.39, 0.29) is 5.78 Å². The molecule has 0 saturated heterocycles. The molecule has 0 aliphatic rings. The van der Waals surface area contributed by atoms with Gasteiger partial charge in [-0.3, -0.25) is 9.48 Å². The van der Waals surface area contributed by atoms with Crippen molar-refractivity contribution >= 4 is 17.4 Å². The van der Waals surface area contributed by atoms with Gasteiger partial charge >= 0.3 is 0 Å². The Morgan fingerprint density at radius 2 is 2.00 bits per heavy atom. The Labute approximate surface area is 105 Å². The van der Waals surface area contributed by atoms with Crippen molar-refractivity contribution in [2.75, 3.05) is 0 Å². The van der Waals surface area contributed by atoms with Crippen molar-refractivity contribution in [1.29, 1.82) is 0 Å². The van der Waals surface area contributed by atoms with Crippen LogP contribution in [0.25, 0.3) is 11.3 Å². The summed E-state index contributed by atoms with van der Waals surface area (Å²) in [6, 6.07) is 9.33. The van der Waals surface area contributed by atoms with Crippen molar-refractivity contribution in [1.82, 2.24) is 9.78 Å². The second-order valence-electron chi connectivity index (χ2n) is 3.79. The molecule has 2 aromatic rings. The fraction of sp³-hybridized carbons (Fsp3) is 0.231. The quantitative estimate of drug-likeness (QED) is 0.780. The van der Waals surface area contributed by atoms with Gasteiger partial charge in [0.15, 0.2) is 5.78 Å². The number of carbonyl (C=O) groups excluding carboxylic acids is 1. The van der Waals surface area contributed by atoms with Gasteiger partial charge in [0.05, 0.1) is 5.69 Å². The van der Waals surface area contributed by atoms with Crippen LogP contribution in [0.5, 0.6) is 0 Å². The van der Waals surface area contributed by atoms with E-state index in [0.29, 0.717) is 10.7 Å². The first-order valence-electron chi connectivity index (χ1n) is 5.46. The minimum Gasteiger partial charge on any atom is -0.293 e. The second-order valence-corrected chi connectivity index (χ2v) is 4.23. The molecule has 1 heterocycles. The maximum atomic E-state index is 11.3. The number of carbonyl (C=O) groups is 1. The molecular formula is C13H13ClN2O. The Kier molecular flexibility index (Phi) is 3.29. The van der Waals surface area contributed by atoms with Gasteiger partial charge in [-0.15, -0.1) is 0 Å². The van der Waals surface area contributed by atoms with E-state index in [9.17, 15) is 4.79 Å². The van der Waals surface area contributed by atoms with Gasteiger partial charge in [-0.25, -0.2) is 0 Å². The summed E-state index contributed by atoms with van der Waals surface area (Å²) in [5, 5.41) is 4.96. The predicted molar refractivity (Wildman–Crippen MR) is 68.4 cm³/mol. The van der Waals surface area contributed by atoms with Gasteiger partial charge < -0.3 is 0 Å². The first-order chi connectivity index (χ1) is 8.11. The lowest BCUT2D eigenvalue weighted by Gasteiger charge is -2.04. The van der Waals surface area contributed by atoms with E-state index >= 15 is 0 Å². The van der Waals surface area contributed by atoms with E-state index in [1.165, 1.54) is 6.92 Å². The Hall–Kier alpha value is -1.61. The van der Waals surface area contributed by atoms with E-state index in [1.807, 2.05) is 41.9 Å². The highest BCUT2D eigenvalue weighted by Crippen LogP contribution is 2.22. The third-order valence-corrected chi connectivity index (χ3v) is 2.83. The topological polar surface area (TPSA) is 34.9 Å². The summed E-state index contributed by atoms with van der Waals surface area (Å²) in [6.07, 6.45) is 0. The minimum atomic E-state index is -0.0209. The highest BCUT2D eigenvalue weighted by atomic mass is 35.5. The molecule has 17 heavy (non-hydrogen) atoms. The van der Waals surface area contributed by atoms with Crippen LogP contribution in [0.2, 0.25) is 5.02 Å². The normalized spacial score (nSPS) is 10.5. The third-order valence-electron chi connectivity index (χ3n) is 2.58. The molecule has 0 atom stereocenters. The molecule has 0 spiro atoms. The zero-order chi connectivity index (χ0) is 12.4. The summed E-state index contributed by atoms with van der Waals surface area (Å²) in [6.45, 7) is 4.25. The fourth-order valence-electron chi connectivity index (χ4n) is 1.68. The van der Waals surface area contributed by atoms with Crippen molar-refractivity contribution < 1.29 is 4.79 Å². The maximum Gasteiger partial charge on any atom is 0.180 e. The third kappa shape index (κ3) is 2.39. The number of hydrogen-bond donors (Lipinski definition) is 0. The molecule has 4 heteroatoms. The molecule has 88 valence electrons. The number of ketones is 1. The molecule has 1 aromatic heterocycles. The van der Waals surface area contributed by atoms with Gasteiger partial charge in [0, 0.05) is 18.5 Å². The summed E-state index contributed by atoms with van der Waals surface area (Å²) in [7, 11) is 0. The summed E-state index contributed by atoms with van der Waals surface area (Å²) < 4.78 is 1.82. The lowest BCUT2D eigenvalue weighted by Crippen LogP contribution is -2.01. The van der Waals surface area contributed by atoms with Crippen LogP contribution in [-0.4, -0.2) is 15.6 Å². The molecule has 0 aliphatic carbocycles. The van der Waals surface area contributed by atoms with E-state index < -0.39 is 0 Å². The number of Topliss-reactive ketones (excluding diaryl/α,β-unsaturated/α-hetero) is 1. The predicted octanol–water partition coefficient (Wildman–Crippen LogP) is 3.43. The average Bonchev–Trinajstić information content (AvgIpc) is 2.74. The van der Waals surface area contributed by atoms with Crippen LogP contribution in [-0.2, 0) is 6.54 Å². The van der Waals surface area contributed by atoms with Crippen molar-refractivity contribution in [3.63, 3.8) is 0 Å². The highest BCUT2D eigenvalue weighted by molar-refractivity contribution is 6.30. The van der Waals surface area contributed by atoms with E-state index in [4.69, 9.17) is 11.6 Å². The molecular weight excluding hydrogens is 236 g/mol. The largest absolute Gasteiger partial charge is 0.293 e. The number of nitrogens with zero attached hydrogens (tertiary/aromatic N) is 2. The number of benzene rings is 1. The molecule has 3 nitrogen and oxygen atoms in total. The summed E-state index contributed by atoms with van der Waals surface area (Å²) in [4.78, 5) is 11.3. The second kappa shape index (κ2) is 4.72. The number of aryl methyl sites for hydroxylation is 1. The fourth-order valence-corrected chi connectivity index (χ4v) is 1.81. The zero-order valence-corrected chi connectivity index (χ0v) is 10.5. The van der Waals surface area contributed by atoms with Crippen molar-refractivity contribution in [2.45, 2.75) is 20.4 Å². The average molecular weight is 249 g/mol. The maximum absolute atomic E-state index is 11.3. The van der Waals surface area contributed by atoms with E-state index in [1.54, 1.807) is 0 Å². The number of halogens is 1. The van der Waals surface area contributed by atoms with Crippen LogP contribution in [0.1, 0.15) is 24.3 Å². The monoisotopic (exact) mass is 248 g/mol. The smallest absolute Gasteiger partial charge is 0.180 e. The molecule has 0 bridgehead atoms. The van der Waals surface area contributed by atoms with Crippen molar-refractivity contribution in [2.24, 2.45) is 0 Å². The molecule has 0 radical (unpaired) electrons. The Bertz CT molecular complexity index is 543. The van der Waals surface area contributed by atoms with Crippen LogP contribution < -0.4 is 0 Å². The summed E-state index contributed by atoms with van der Waals surface area (Å²) in [5.74, 6) is -0.0209. The molecule has 2 rings (SSSR count). The van der Waals surface area contributed by atoms with Gasteiger partial charge in [-0.05, 0) is 30.7 Å². The van der Waals surface area contributed by atoms with Crippen LogP contribution in [0.3, 0.4) is 0 Å². The van der Waals surface area contributed by atoms with Crippen LogP contribution in [0, 0.1) is 0 Å². The Morgan fingerprint density at radius 3 is 2.53 bits per heavy atom. The number of rotatable bonds is 3. The lowest BCUT2D eigenvalue weighted by molar-refractivity contribution is 0.101. The molecule has 0 aliphatic heterocycles. The highest BCUT2D eigenvalue weighted by Gasteiger charge is 2.11. The molecule has 0 fully saturated rings. The Morgan fingerprint density at radius 1 is 1.35 bits per heavy atom. The standard InChI is InChI=1S/C13H13ClN2O/c1-3-16-13(8-12(15-16)9(2)17)10-4-6-11(14)7-5-10/h4-8H,3H2,1-2H3. The lowest BCUT2D eigenvalue weighted by atomic mass is 10.1. The summed E-state index contributed by atoms with van der Waals surface area (Å²) >= 11 is 5.85. The van der Waals surface area contributed by atoms with E-state index in [0.717, 1.165) is 17.8 Å². The van der Waals surface area contributed by atoms with Gasteiger partial charge in [0.1, 0.15) is 5.69 Å². The van der Waals surface area contributed by atoms with Crippen molar-refractivity contribution in [3.8, 4) is 11.3 Å². The number of hydrogen-bond acceptors (Lipinski definition) is 2. The van der Waals surface area contributed by atoms with Crippen molar-refractivity contribution in [3.05, 3.63) is 41.0 Å². The van der Waals surface area contributed by atoms with Gasteiger partial charge in [0.2, 0.25) is 0 Å². The Balaban J connectivity index is 2.50. The molecule has 0 saturated carbocycles. The molecule has 0 amide bonds. The molecule has 0 N–H and O–H groups in total. The van der Waals surface area contributed by atoms with Gasteiger partial charge in [0.25, 0.3) is 0 Å². The van der Waals surface area contributed by atoms with E-state index in [2.05, 4.69) is 5.10 Å². The van der Waals surface area contributed by atoms with Crippen LogP contribution in [0.4, 0.5) is 0 Å². The first kappa shape index (κ1) is 11.9. The first-order valence-corrected chi connectivity index (χ1v) is 5.84. The summed E-state index contributed by atoms with van der Waals surface area (Å²) in [5.41, 5.74) is 2.45. The van der Waals surface area contributed by atoms with Gasteiger partial charge in [-0.2, -0.15) is 5.10 Å². The van der Waals surface area contributed by atoms with Crippen LogP contribution in [0.15, 0.2) is 30.3 Å². The van der Waals surface area contributed by atoms with Crippen LogP contribution >= 0.6 is 11.6 Å². The minimum absolute atomic E-state index is 0.0209. The van der Waals surface area contributed by atoms with Gasteiger partial charge in [-0.1, -0.05) is 23.7 Å². The zero-order valence-electron chi connectivity index (χ0n) is 9.77. The molecule has 0 unspecified atom stereocenters. The molecule has 1 aromatic carbocycles. The SMILES string of the molecule is CCn1nc(C(C)=O)cc1-c1ccc(Cl)cc1. The number of aromatic nitrogens is 2.